The summed E-state index contributed by atoms with van der Waals surface area (Å²) in [6, 6.07) is 3.76. The molecule has 0 bridgehead atoms. The van der Waals surface area contributed by atoms with E-state index in [0.717, 1.165) is 35.9 Å². The van der Waals surface area contributed by atoms with Gasteiger partial charge in [-0.15, -0.1) is 0 Å². The van der Waals surface area contributed by atoms with Crippen molar-refractivity contribution in [3.8, 4) is 0 Å². The zero-order chi connectivity index (χ0) is 10.3. The van der Waals surface area contributed by atoms with Gasteiger partial charge in [0.25, 0.3) is 0 Å². The molecule has 1 N–H and O–H groups in total. The molecule has 2 heterocycles. The predicted molar refractivity (Wildman–Crippen MR) is 56.5 cm³/mol. The summed E-state index contributed by atoms with van der Waals surface area (Å²) < 4.78 is 5.54. The predicted octanol–water partition coefficient (Wildman–Crippen LogP) is 2.19. The SMILES string of the molecule is N=c1oc2c(c3ncccc13)CCCC2. The van der Waals surface area contributed by atoms with Gasteiger partial charge in [-0.25, -0.2) is 0 Å². The first-order valence-corrected chi connectivity index (χ1v) is 5.30. The minimum atomic E-state index is 0.249. The Balaban J connectivity index is 2.45. The highest BCUT2D eigenvalue weighted by Gasteiger charge is 2.16. The molecule has 2 aromatic rings. The van der Waals surface area contributed by atoms with Crippen LogP contribution in [0.3, 0.4) is 0 Å². The van der Waals surface area contributed by atoms with E-state index in [1.54, 1.807) is 6.20 Å². The minimum absolute atomic E-state index is 0.249. The van der Waals surface area contributed by atoms with Crippen LogP contribution < -0.4 is 5.55 Å². The first-order chi connectivity index (χ1) is 7.36. The number of aryl methyl sites for hydroxylation is 2. The van der Waals surface area contributed by atoms with E-state index in [1.165, 1.54) is 12.0 Å². The Morgan fingerprint density at radius 1 is 1.27 bits per heavy atom. The molecule has 3 nitrogen and oxygen atoms in total. The van der Waals surface area contributed by atoms with Crippen molar-refractivity contribution in [1.82, 2.24) is 4.98 Å². The van der Waals surface area contributed by atoms with Gasteiger partial charge in [0.2, 0.25) is 5.55 Å². The van der Waals surface area contributed by atoms with Gasteiger partial charge in [-0.05, 0) is 31.4 Å². The molecule has 0 spiro atoms. The Labute approximate surface area is 87.3 Å². The Hall–Kier alpha value is -1.64. The zero-order valence-electron chi connectivity index (χ0n) is 8.42. The molecule has 76 valence electrons. The van der Waals surface area contributed by atoms with Crippen molar-refractivity contribution < 1.29 is 4.42 Å². The highest BCUT2D eigenvalue weighted by atomic mass is 16.3. The van der Waals surface area contributed by atoms with Gasteiger partial charge < -0.3 is 4.42 Å². The molecule has 0 aliphatic heterocycles. The maximum atomic E-state index is 7.80. The van der Waals surface area contributed by atoms with Gasteiger partial charge in [0.15, 0.2) is 0 Å². The Morgan fingerprint density at radius 2 is 2.13 bits per heavy atom. The van der Waals surface area contributed by atoms with Crippen molar-refractivity contribution in [3.05, 3.63) is 35.2 Å². The van der Waals surface area contributed by atoms with Crippen LogP contribution in [-0.2, 0) is 12.8 Å². The van der Waals surface area contributed by atoms with Gasteiger partial charge >= 0.3 is 0 Å². The lowest BCUT2D eigenvalue weighted by atomic mass is 9.95. The smallest absolute Gasteiger partial charge is 0.220 e. The molecule has 1 aliphatic carbocycles. The summed E-state index contributed by atoms with van der Waals surface area (Å²) >= 11 is 0. The summed E-state index contributed by atoms with van der Waals surface area (Å²) in [6.45, 7) is 0. The van der Waals surface area contributed by atoms with Gasteiger partial charge in [0.1, 0.15) is 5.76 Å². The summed E-state index contributed by atoms with van der Waals surface area (Å²) in [7, 11) is 0. The zero-order valence-corrected chi connectivity index (χ0v) is 8.42. The number of hydrogen-bond acceptors (Lipinski definition) is 3. The third-order valence-corrected chi connectivity index (χ3v) is 2.98. The van der Waals surface area contributed by atoms with E-state index in [9.17, 15) is 0 Å². The van der Waals surface area contributed by atoms with E-state index in [4.69, 9.17) is 9.83 Å². The molecular weight excluding hydrogens is 188 g/mol. The van der Waals surface area contributed by atoms with E-state index in [2.05, 4.69) is 4.98 Å². The molecule has 0 aromatic carbocycles. The third kappa shape index (κ3) is 1.27. The second-order valence-corrected chi connectivity index (χ2v) is 3.94. The fourth-order valence-corrected chi connectivity index (χ4v) is 2.25. The molecule has 3 heteroatoms. The van der Waals surface area contributed by atoms with E-state index in [0.29, 0.717) is 0 Å². The number of nitrogens with zero attached hydrogens (tertiary/aromatic N) is 1. The average Bonchev–Trinajstić information content (AvgIpc) is 2.30. The lowest BCUT2D eigenvalue weighted by Gasteiger charge is -2.15. The number of fused-ring (bicyclic) bond motifs is 3. The van der Waals surface area contributed by atoms with E-state index in [-0.39, 0.29) is 5.55 Å². The topological polar surface area (TPSA) is 49.9 Å². The summed E-state index contributed by atoms with van der Waals surface area (Å²) in [5.74, 6) is 0.970. The monoisotopic (exact) mass is 200 g/mol. The lowest BCUT2D eigenvalue weighted by molar-refractivity contribution is 0.420. The second kappa shape index (κ2) is 3.19. The summed E-state index contributed by atoms with van der Waals surface area (Å²) in [5, 5.41) is 8.63. The van der Waals surface area contributed by atoms with Gasteiger partial charge in [0.05, 0.1) is 10.9 Å². The molecular formula is C12H12N2O. The molecule has 0 fully saturated rings. The van der Waals surface area contributed by atoms with Crippen LogP contribution in [0.25, 0.3) is 10.9 Å². The quantitative estimate of drug-likeness (QED) is 0.708. The maximum Gasteiger partial charge on any atom is 0.220 e. The Kier molecular flexibility index (Phi) is 1.84. The number of hydrogen-bond donors (Lipinski definition) is 1. The van der Waals surface area contributed by atoms with Gasteiger partial charge in [0, 0.05) is 18.2 Å². The van der Waals surface area contributed by atoms with Crippen LogP contribution in [-0.4, -0.2) is 4.98 Å². The van der Waals surface area contributed by atoms with Crippen LogP contribution in [0.5, 0.6) is 0 Å². The molecule has 0 unspecified atom stereocenters. The van der Waals surface area contributed by atoms with Crippen LogP contribution in [0.4, 0.5) is 0 Å². The minimum Gasteiger partial charge on any atom is -0.443 e. The summed E-state index contributed by atoms with van der Waals surface area (Å²) in [4.78, 5) is 4.38. The van der Waals surface area contributed by atoms with Crippen LogP contribution in [0, 0.1) is 5.41 Å². The van der Waals surface area contributed by atoms with Crippen molar-refractivity contribution in [2.45, 2.75) is 25.7 Å². The Morgan fingerprint density at radius 3 is 3.07 bits per heavy atom. The largest absolute Gasteiger partial charge is 0.443 e. The van der Waals surface area contributed by atoms with Crippen molar-refractivity contribution in [1.29, 1.82) is 5.41 Å². The van der Waals surface area contributed by atoms with Crippen molar-refractivity contribution in [3.63, 3.8) is 0 Å². The molecule has 0 saturated heterocycles. The maximum absolute atomic E-state index is 7.80. The molecule has 3 rings (SSSR count). The summed E-state index contributed by atoms with van der Waals surface area (Å²) in [6.07, 6.45) is 6.14. The normalized spacial score (nSPS) is 15.2. The number of aromatic nitrogens is 1. The molecule has 1 aliphatic rings. The lowest BCUT2D eigenvalue weighted by Crippen LogP contribution is -2.11. The molecule has 2 aromatic heterocycles. The van der Waals surface area contributed by atoms with E-state index < -0.39 is 0 Å². The molecule has 0 atom stereocenters. The highest BCUT2D eigenvalue weighted by molar-refractivity contribution is 5.80. The molecule has 0 radical (unpaired) electrons. The van der Waals surface area contributed by atoms with Gasteiger partial charge in [-0.3, -0.25) is 10.4 Å². The van der Waals surface area contributed by atoms with Crippen molar-refractivity contribution in [2.75, 3.05) is 0 Å². The fraction of sp³-hybridized carbons (Fsp3) is 0.333. The fourth-order valence-electron chi connectivity index (χ4n) is 2.25. The van der Waals surface area contributed by atoms with Crippen LogP contribution in [0.2, 0.25) is 0 Å². The van der Waals surface area contributed by atoms with Gasteiger partial charge in [-0.2, -0.15) is 0 Å². The Bertz CT molecular complexity index is 571. The number of rotatable bonds is 0. The van der Waals surface area contributed by atoms with Crippen LogP contribution >= 0.6 is 0 Å². The first kappa shape index (κ1) is 8.65. The van der Waals surface area contributed by atoms with E-state index in [1.807, 2.05) is 12.1 Å². The van der Waals surface area contributed by atoms with Crippen molar-refractivity contribution >= 4 is 10.9 Å². The van der Waals surface area contributed by atoms with E-state index >= 15 is 0 Å². The third-order valence-electron chi connectivity index (χ3n) is 2.98. The molecule has 0 saturated carbocycles. The molecule has 15 heavy (non-hydrogen) atoms. The number of nitrogens with one attached hydrogen (secondary N) is 1. The molecule has 0 amide bonds. The van der Waals surface area contributed by atoms with Gasteiger partial charge in [-0.1, -0.05) is 0 Å². The first-order valence-electron chi connectivity index (χ1n) is 5.30. The second-order valence-electron chi connectivity index (χ2n) is 3.94. The standard InChI is InChI=1S/C12H12N2O/c13-12-9-5-3-7-14-11(9)8-4-1-2-6-10(8)15-12/h3,5,7,13H,1-2,4,6H2. The summed E-state index contributed by atoms with van der Waals surface area (Å²) in [5.41, 5.74) is 2.43. The van der Waals surface area contributed by atoms with Crippen molar-refractivity contribution in [2.24, 2.45) is 0 Å². The average molecular weight is 200 g/mol. The number of pyridine rings is 1. The van der Waals surface area contributed by atoms with Crippen LogP contribution in [0.1, 0.15) is 24.2 Å². The van der Waals surface area contributed by atoms with Crippen LogP contribution in [0.15, 0.2) is 22.7 Å². The highest BCUT2D eigenvalue weighted by Crippen LogP contribution is 2.25.